The Bertz CT molecular complexity index is 140. The van der Waals surface area contributed by atoms with E-state index in [1.54, 1.807) is 0 Å². The van der Waals surface area contributed by atoms with E-state index in [-0.39, 0.29) is 11.3 Å². The summed E-state index contributed by atoms with van der Waals surface area (Å²) in [5.74, 6) is 0.190. The standard InChI is InChI=1S/C7H13NO/c1-5-4-7(2,3)6(9)8-5/h5H,4H2,1-3H3,(H,8,9)/t5-/m1/s1. The summed E-state index contributed by atoms with van der Waals surface area (Å²) in [6.45, 7) is 5.99. The Morgan fingerprint density at radius 1 is 1.67 bits per heavy atom. The predicted octanol–water partition coefficient (Wildman–Crippen LogP) is 0.921. The monoisotopic (exact) mass is 127 g/mol. The average Bonchev–Trinajstić information content (AvgIpc) is 1.79. The molecule has 0 saturated carbocycles. The lowest BCUT2D eigenvalue weighted by molar-refractivity contribution is -0.126. The fourth-order valence-corrected chi connectivity index (χ4v) is 1.33. The molecule has 1 N–H and O–H groups in total. The van der Waals surface area contributed by atoms with Crippen LogP contribution in [0.5, 0.6) is 0 Å². The second-order valence-corrected chi connectivity index (χ2v) is 3.46. The summed E-state index contributed by atoms with van der Waals surface area (Å²) in [6, 6.07) is 0.368. The number of nitrogens with one attached hydrogen (secondary N) is 1. The molecule has 1 aliphatic rings. The molecule has 2 heteroatoms. The van der Waals surface area contributed by atoms with Gasteiger partial charge in [-0.15, -0.1) is 0 Å². The van der Waals surface area contributed by atoms with E-state index in [1.807, 2.05) is 20.8 Å². The summed E-state index contributed by atoms with van der Waals surface area (Å²) in [7, 11) is 0. The predicted molar refractivity (Wildman–Crippen MR) is 36.0 cm³/mol. The van der Waals surface area contributed by atoms with Crippen molar-refractivity contribution >= 4 is 5.91 Å². The molecule has 1 aliphatic heterocycles. The van der Waals surface area contributed by atoms with Gasteiger partial charge in [-0.1, -0.05) is 13.8 Å². The van der Waals surface area contributed by atoms with Crippen LogP contribution in [0, 0.1) is 5.41 Å². The molecule has 0 bridgehead atoms. The lowest BCUT2D eigenvalue weighted by atomic mass is 9.90. The van der Waals surface area contributed by atoms with Gasteiger partial charge in [0, 0.05) is 11.5 Å². The molecule has 0 aliphatic carbocycles. The topological polar surface area (TPSA) is 29.1 Å². The van der Waals surface area contributed by atoms with E-state index in [2.05, 4.69) is 5.32 Å². The summed E-state index contributed by atoms with van der Waals surface area (Å²) < 4.78 is 0. The zero-order valence-electron chi connectivity index (χ0n) is 6.19. The summed E-state index contributed by atoms with van der Waals surface area (Å²) in [5.41, 5.74) is -0.126. The zero-order valence-corrected chi connectivity index (χ0v) is 6.19. The highest BCUT2D eigenvalue weighted by atomic mass is 16.2. The third-order valence-corrected chi connectivity index (χ3v) is 1.81. The summed E-state index contributed by atoms with van der Waals surface area (Å²) in [4.78, 5) is 11.0. The zero-order chi connectivity index (χ0) is 7.07. The molecule has 1 fully saturated rings. The Morgan fingerprint density at radius 3 is 2.33 bits per heavy atom. The maximum Gasteiger partial charge on any atom is 0.225 e. The minimum absolute atomic E-state index is 0.126. The van der Waals surface area contributed by atoms with Gasteiger partial charge in [-0.3, -0.25) is 4.79 Å². The second kappa shape index (κ2) is 1.72. The highest BCUT2D eigenvalue weighted by Gasteiger charge is 2.36. The lowest BCUT2D eigenvalue weighted by Crippen LogP contribution is -2.27. The molecule has 0 radical (unpaired) electrons. The lowest BCUT2D eigenvalue weighted by Gasteiger charge is -2.10. The maximum atomic E-state index is 11.0. The largest absolute Gasteiger partial charge is 0.353 e. The van der Waals surface area contributed by atoms with Crippen LogP contribution in [-0.4, -0.2) is 11.9 Å². The number of amides is 1. The van der Waals surface area contributed by atoms with E-state index in [1.165, 1.54) is 0 Å². The fourth-order valence-electron chi connectivity index (χ4n) is 1.33. The first-order valence-corrected chi connectivity index (χ1v) is 3.33. The van der Waals surface area contributed by atoms with Crippen molar-refractivity contribution in [3.63, 3.8) is 0 Å². The molecule has 52 valence electrons. The van der Waals surface area contributed by atoms with Crippen LogP contribution in [0.2, 0.25) is 0 Å². The highest BCUT2D eigenvalue weighted by molar-refractivity contribution is 5.84. The van der Waals surface area contributed by atoms with Crippen molar-refractivity contribution in [1.82, 2.24) is 5.32 Å². The summed E-state index contributed by atoms with van der Waals surface area (Å²) in [5, 5.41) is 2.87. The SMILES string of the molecule is C[C@@H]1CC(C)(C)C(=O)N1. The molecule has 1 saturated heterocycles. The maximum absolute atomic E-state index is 11.0. The van der Waals surface area contributed by atoms with Crippen molar-refractivity contribution in [2.75, 3.05) is 0 Å². The van der Waals surface area contributed by atoms with Crippen LogP contribution in [0.25, 0.3) is 0 Å². The minimum Gasteiger partial charge on any atom is -0.353 e. The van der Waals surface area contributed by atoms with Gasteiger partial charge >= 0.3 is 0 Å². The molecule has 9 heavy (non-hydrogen) atoms. The van der Waals surface area contributed by atoms with E-state index in [9.17, 15) is 4.79 Å². The summed E-state index contributed by atoms with van der Waals surface area (Å²) in [6.07, 6.45) is 0.964. The highest BCUT2D eigenvalue weighted by Crippen LogP contribution is 2.27. The van der Waals surface area contributed by atoms with Crippen molar-refractivity contribution in [2.45, 2.75) is 33.2 Å². The van der Waals surface area contributed by atoms with Gasteiger partial charge in [0.1, 0.15) is 0 Å². The van der Waals surface area contributed by atoms with Crippen molar-refractivity contribution in [3.8, 4) is 0 Å². The molecule has 1 atom stereocenters. The number of hydrogen-bond acceptors (Lipinski definition) is 1. The number of carbonyl (C=O) groups excluding carboxylic acids is 1. The van der Waals surface area contributed by atoms with E-state index in [0.29, 0.717) is 6.04 Å². The Hall–Kier alpha value is -0.530. The third-order valence-electron chi connectivity index (χ3n) is 1.81. The van der Waals surface area contributed by atoms with Crippen molar-refractivity contribution in [3.05, 3.63) is 0 Å². The molecular formula is C7H13NO. The van der Waals surface area contributed by atoms with E-state index in [0.717, 1.165) is 6.42 Å². The normalized spacial score (nSPS) is 32.3. The van der Waals surface area contributed by atoms with Crippen LogP contribution in [-0.2, 0) is 4.79 Å². The molecule has 1 amide bonds. The van der Waals surface area contributed by atoms with E-state index >= 15 is 0 Å². The molecular weight excluding hydrogens is 114 g/mol. The van der Waals surface area contributed by atoms with Crippen LogP contribution in [0.3, 0.4) is 0 Å². The van der Waals surface area contributed by atoms with Crippen LogP contribution >= 0.6 is 0 Å². The van der Waals surface area contributed by atoms with Gasteiger partial charge in [0.25, 0.3) is 0 Å². The Kier molecular flexibility index (Phi) is 1.26. The minimum atomic E-state index is -0.126. The van der Waals surface area contributed by atoms with E-state index in [4.69, 9.17) is 0 Å². The number of hydrogen-bond donors (Lipinski definition) is 1. The molecule has 0 aromatic rings. The van der Waals surface area contributed by atoms with Crippen molar-refractivity contribution in [1.29, 1.82) is 0 Å². The van der Waals surface area contributed by atoms with Gasteiger partial charge in [-0.25, -0.2) is 0 Å². The number of carbonyl (C=O) groups is 1. The second-order valence-electron chi connectivity index (χ2n) is 3.46. The fraction of sp³-hybridized carbons (Fsp3) is 0.857. The average molecular weight is 127 g/mol. The molecule has 0 aromatic carbocycles. The first-order valence-electron chi connectivity index (χ1n) is 3.33. The van der Waals surface area contributed by atoms with Crippen LogP contribution < -0.4 is 5.32 Å². The van der Waals surface area contributed by atoms with Crippen molar-refractivity contribution < 1.29 is 4.79 Å². The smallest absolute Gasteiger partial charge is 0.225 e. The molecule has 0 spiro atoms. The van der Waals surface area contributed by atoms with E-state index < -0.39 is 0 Å². The van der Waals surface area contributed by atoms with Crippen LogP contribution in [0.4, 0.5) is 0 Å². The third kappa shape index (κ3) is 1.07. The quantitative estimate of drug-likeness (QED) is 0.515. The molecule has 2 nitrogen and oxygen atoms in total. The molecule has 0 unspecified atom stereocenters. The van der Waals surface area contributed by atoms with Gasteiger partial charge in [0.05, 0.1) is 0 Å². The Balaban J connectivity index is 2.70. The van der Waals surface area contributed by atoms with Crippen molar-refractivity contribution in [2.24, 2.45) is 5.41 Å². The molecule has 1 heterocycles. The van der Waals surface area contributed by atoms with Crippen LogP contribution in [0.15, 0.2) is 0 Å². The van der Waals surface area contributed by atoms with Gasteiger partial charge in [0.15, 0.2) is 0 Å². The first kappa shape index (κ1) is 6.59. The Labute approximate surface area is 55.6 Å². The Morgan fingerprint density at radius 2 is 2.22 bits per heavy atom. The van der Waals surface area contributed by atoms with Gasteiger partial charge in [-0.05, 0) is 13.3 Å². The molecule has 1 rings (SSSR count). The number of rotatable bonds is 0. The van der Waals surface area contributed by atoms with Gasteiger partial charge in [0.2, 0.25) is 5.91 Å². The van der Waals surface area contributed by atoms with Crippen LogP contribution in [0.1, 0.15) is 27.2 Å². The summed E-state index contributed by atoms with van der Waals surface area (Å²) >= 11 is 0. The molecule has 0 aromatic heterocycles. The first-order chi connectivity index (χ1) is 4.02. The van der Waals surface area contributed by atoms with Gasteiger partial charge < -0.3 is 5.32 Å². The van der Waals surface area contributed by atoms with Gasteiger partial charge in [-0.2, -0.15) is 0 Å².